The van der Waals surface area contributed by atoms with Crippen LogP contribution in [-0.2, 0) is 4.79 Å². The molecule has 0 fully saturated rings. The predicted molar refractivity (Wildman–Crippen MR) is 66.0 cm³/mol. The molecule has 0 aromatic rings. The van der Waals surface area contributed by atoms with E-state index >= 15 is 0 Å². The molecule has 0 aromatic carbocycles. The first kappa shape index (κ1) is 13.8. The van der Waals surface area contributed by atoms with E-state index in [1.165, 1.54) is 0 Å². The van der Waals surface area contributed by atoms with E-state index in [0.717, 1.165) is 11.4 Å². The van der Waals surface area contributed by atoms with Gasteiger partial charge in [0.2, 0.25) is 0 Å². The first-order valence-electron chi connectivity index (χ1n) is 4.91. The third-order valence-electron chi connectivity index (χ3n) is 1.84. The van der Waals surface area contributed by atoms with Crippen LogP contribution in [0.3, 0.4) is 0 Å². The molecule has 0 spiro atoms. The van der Waals surface area contributed by atoms with Crippen LogP contribution in [0, 0.1) is 0 Å². The number of hydrogen-bond donors (Lipinski definition) is 2. The summed E-state index contributed by atoms with van der Waals surface area (Å²) in [6, 6.07) is 0. The van der Waals surface area contributed by atoms with Crippen molar-refractivity contribution >= 4 is 23.2 Å². The molecule has 0 aliphatic rings. The van der Waals surface area contributed by atoms with Gasteiger partial charge in [0.25, 0.3) is 0 Å². The van der Waals surface area contributed by atoms with Crippen molar-refractivity contribution in [2.45, 2.75) is 26.2 Å². The van der Waals surface area contributed by atoms with Crippen LogP contribution in [0.5, 0.6) is 0 Å². The maximum atomic E-state index is 10.8. The zero-order valence-electron chi connectivity index (χ0n) is 8.95. The lowest BCUT2D eigenvalue weighted by Crippen LogP contribution is -2.22. The molecule has 0 saturated carbocycles. The summed E-state index contributed by atoms with van der Waals surface area (Å²) in [4.78, 5) is 11.6. The van der Waals surface area contributed by atoms with Crippen molar-refractivity contribution in [3.8, 4) is 0 Å². The third kappa shape index (κ3) is 6.85. The number of nitrogens with one attached hydrogen (secondary N) is 1. The molecule has 0 heterocycles. The molecule has 0 unspecified atom stereocenters. The Bertz CT molecular complexity index is 272. The number of carboxylic acids is 1. The highest BCUT2D eigenvalue weighted by atomic mass is 32.1. The van der Waals surface area contributed by atoms with Crippen LogP contribution in [0.1, 0.15) is 26.2 Å². The number of carboxylic acid groups (broad SMARTS) is 1. The summed E-state index contributed by atoms with van der Waals surface area (Å²) in [5, 5.41) is 11.9. The van der Waals surface area contributed by atoms with Crippen molar-refractivity contribution in [3.05, 3.63) is 24.3 Å². The Kier molecular flexibility index (Phi) is 7.54. The van der Waals surface area contributed by atoms with Gasteiger partial charge in [-0.3, -0.25) is 0 Å². The molecule has 4 heteroatoms. The van der Waals surface area contributed by atoms with Crippen LogP contribution in [-0.4, -0.2) is 22.6 Å². The second kappa shape index (κ2) is 8.17. The lowest BCUT2D eigenvalue weighted by Gasteiger charge is -2.06. The SMILES string of the molecule is C=CCC=C(CCNC(=S)CC)C(=O)O. The molecule has 0 rings (SSSR count). The Balaban J connectivity index is 4.02. The molecule has 0 aliphatic heterocycles. The Morgan fingerprint density at radius 2 is 2.27 bits per heavy atom. The van der Waals surface area contributed by atoms with E-state index in [0.29, 0.717) is 25.0 Å². The molecule has 0 aromatic heterocycles. The molecule has 0 radical (unpaired) electrons. The van der Waals surface area contributed by atoms with Gasteiger partial charge in [-0.25, -0.2) is 4.79 Å². The van der Waals surface area contributed by atoms with Gasteiger partial charge in [-0.05, 0) is 19.3 Å². The minimum atomic E-state index is -0.874. The van der Waals surface area contributed by atoms with Gasteiger partial charge >= 0.3 is 5.97 Å². The molecular weight excluding hydrogens is 210 g/mol. The van der Waals surface area contributed by atoms with Gasteiger partial charge in [-0.1, -0.05) is 31.3 Å². The lowest BCUT2D eigenvalue weighted by molar-refractivity contribution is -0.132. The van der Waals surface area contributed by atoms with Crippen molar-refractivity contribution < 1.29 is 9.90 Å². The highest BCUT2D eigenvalue weighted by Crippen LogP contribution is 2.03. The molecular formula is C11H17NO2S. The van der Waals surface area contributed by atoms with Crippen molar-refractivity contribution in [2.75, 3.05) is 6.54 Å². The third-order valence-corrected chi connectivity index (χ3v) is 2.28. The highest BCUT2D eigenvalue weighted by molar-refractivity contribution is 7.80. The molecule has 0 bridgehead atoms. The highest BCUT2D eigenvalue weighted by Gasteiger charge is 2.05. The van der Waals surface area contributed by atoms with E-state index in [9.17, 15) is 4.79 Å². The fraction of sp³-hybridized carbons (Fsp3) is 0.455. The van der Waals surface area contributed by atoms with E-state index in [1.54, 1.807) is 12.2 Å². The Morgan fingerprint density at radius 1 is 1.60 bits per heavy atom. The minimum absolute atomic E-state index is 0.404. The molecule has 0 saturated heterocycles. The Hall–Kier alpha value is -1.16. The van der Waals surface area contributed by atoms with Crippen LogP contribution in [0.15, 0.2) is 24.3 Å². The van der Waals surface area contributed by atoms with Crippen LogP contribution in [0.25, 0.3) is 0 Å². The molecule has 0 amide bonds. The average Bonchev–Trinajstić information content (AvgIpc) is 2.22. The lowest BCUT2D eigenvalue weighted by atomic mass is 10.1. The van der Waals surface area contributed by atoms with Gasteiger partial charge in [-0.15, -0.1) is 6.58 Å². The predicted octanol–water partition coefficient (Wildman–Crippen LogP) is 2.29. The van der Waals surface area contributed by atoms with E-state index in [4.69, 9.17) is 17.3 Å². The van der Waals surface area contributed by atoms with E-state index in [1.807, 2.05) is 6.92 Å². The van der Waals surface area contributed by atoms with Crippen molar-refractivity contribution in [1.82, 2.24) is 5.32 Å². The van der Waals surface area contributed by atoms with E-state index < -0.39 is 5.97 Å². The van der Waals surface area contributed by atoms with Crippen molar-refractivity contribution in [1.29, 1.82) is 0 Å². The summed E-state index contributed by atoms with van der Waals surface area (Å²) in [7, 11) is 0. The van der Waals surface area contributed by atoms with E-state index in [-0.39, 0.29) is 0 Å². The van der Waals surface area contributed by atoms with Gasteiger partial charge in [0.1, 0.15) is 0 Å². The van der Waals surface area contributed by atoms with Gasteiger partial charge in [-0.2, -0.15) is 0 Å². The number of thiocarbonyl (C=S) groups is 1. The monoisotopic (exact) mass is 227 g/mol. The number of aliphatic carboxylic acids is 1. The fourth-order valence-corrected chi connectivity index (χ4v) is 1.09. The van der Waals surface area contributed by atoms with Crippen LogP contribution in [0.2, 0.25) is 0 Å². The summed E-state index contributed by atoms with van der Waals surface area (Å²) in [6.45, 7) is 6.07. The zero-order valence-corrected chi connectivity index (χ0v) is 9.77. The number of carbonyl (C=O) groups is 1. The first-order valence-corrected chi connectivity index (χ1v) is 5.32. The number of rotatable bonds is 7. The molecule has 15 heavy (non-hydrogen) atoms. The van der Waals surface area contributed by atoms with Crippen LogP contribution >= 0.6 is 12.2 Å². The maximum Gasteiger partial charge on any atom is 0.331 e. The topological polar surface area (TPSA) is 49.3 Å². The van der Waals surface area contributed by atoms with Gasteiger partial charge in [0.15, 0.2) is 0 Å². The quantitative estimate of drug-likeness (QED) is 0.398. The summed E-state index contributed by atoms with van der Waals surface area (Å²) >= 11 is 4.97. The standard InChI is InChI=1S/C11H17NO2S/c1-3-5-6-9(11(13)14)7-8-12-10(15)4-2/h3,6H,1,4-5,7-8H2,2H3,(H,12,15)(H,13,14). The summed E-state index contributed by atoms with van der Waals surface area (Å²) < 4.78 is 0. The van der Waals surface area contributed by atoms with E-state index in [2.05, 4.69) is 11.9 Å². The van der Waals surface area contributed by atoms with Crippen LogP contribution in [0.4, 0.5) is 0 Å². The molecule has 3 nitrogen and oxygen atoms in total. The summed E-state index contributed by atoms with van der Waals surface area (Å²) in [5.74, 6) is -0.874. The first-order chi connectivity index (χ1) is 7.11. The van der Waals surface area contributed by atoms with Crippen LogP contribution < -0.4 is 5.32 Å². The number of hydrogen-bond acceptors (Lipinski definition) is 2. The largest absolute Gasteiger partial charge is 0.478 e. The van der Waals surface area contributed by atoms with Gasteiger partial charge < -0.3 is 10.4 Å². The molecule has 2 N–H and O–H groups in total. The molecule has 0 atom stereocenters. The fourth-order valence-electron chi connectivity index (χ4n) is 0.983. The average molecular weight is 227 g/mol. The maximum absolute atomic E-state index is 10.8. The summed E-state index contributed by atoms with van der Waals surface area (Å²) in [5.41, 5.74) is 0.404. The second-order valence-electron chi connectivity index (χ2n) is 3.01. The number of allylic oxidation sites excluding steroid dienone is 2. The smallest absolute Gasteiger partial charge is 0.331 e. The molecule has 84 valence electrons. The van der Waals surface area contributed by atoms with Gasteiger partial charge in [0, 0.05) is 12.1 Å². The summed E-state index contributed by atoms with van der Waals surface area (Å²) in [6.07, 6.45) is 5.19. The zero-order chi connectivity index (χ0) is 11.7. The molecule has 0 aliphatic carbocycles. The minimum Gasteiger partial charge on any atom is -0.478 e. The van der Waals surface area contributed by atoms with Gasteiger partial charge in [0.05, 0.1) is 4.99 Å². The Morgan fingerprint density at radius 3 is 2.73 bits per heavy atom. The normalized spacial score (nSPS) is 10.9. The second-order valence-corrected chi connectivity index (χ2v) is 3.51. The Labute approximate surface area is 95.9 Å². The van der Waals surface area contributed by atoms with Crippen molar-refractivity contribution in [2.24, 2.45) is 0 Å². The van der Waals surface area contributed by atoms with Crippen molar-refractivity contribution in [3.63, 3.8) is 0 Å².